The molecule has 23 heavy (non-hydrogen) atoms. The summed E-state index contributed by atoms with van der Waals surface area (Å²) in [6, 6.07) is 7.50. The zero-order valence-electron chi connectivity index (χ0n) is 11.9. The fourth-order valence-corrected chi connectivity index (χ4v) is 1.92. The molecule has 0 atom stereocenters. The number of aliphatic hydroxyl groups is 1. The maximum Gasteiger partial charge on any atom is 0.416 e. The van der Waals surface area contributed by atoms with Gasteiger partial charge in [-0.25, -0.2) is 4.98 Å². The fraction of sp³-hybridized carbons (Fsp3) is 0.200. The standard InChI is InChI=1S/C15H14F3N3O2/c16-15(17,18)10-3-1-4-11(9-10)21-14(23)12-5-2-6-19-13(12)20-7-8-22/h1-6,9,22H,7-8H2,(H,19,20)(H,21,23)/p+1. The number of carbonyl (C=O) groups excluding carboxylic acids is 1. The normalized spacial score (nSPS) is 11.1. The number of halogens is 3. The summed E-state index contributed by atoms with van der Waals surface area (Å²) in [5.74, 6) is -0.201. The summed E-state index contributed by atoms with van der Waals surface area (Å²) in [6.45, 7) is 0.0990. The monoisotopic (exact) mass is 326 g/mol. The van der Waals surface area contributed by atoms with Gasteiger partial charge in [0, 0.05) is 5.69 Å². The molecule has 0 saturated heterocycles. The molecule has 122 valence electrons. The van der Waals surface area contributed by atoms with E-state index in [1.807, 2.05) is 0 Å². The van der Waals surface area contributed by atoms with Crippen LogP contribution >= 0.6 is 0 Å². The quantitative estimate of drug-likeness (QED) is 0.788. The third-order valence-corrected chi connectivity index (χ3v) is 2.96. The lowest BCUT2D eigenvalue weighted by molar-refractivity contribution is -0.361. The second kappa shape index (κ2) is 7.10. The van der Waals surface area contributed by atoms with Gasteiger partial charge in [-0.05, 0) is 30.3 Å². The molecule has 0 spiro atoms. The highest BCUT2D eigenvalue weighted by Gasteiger charge is 2.30. The summed E-state index contributed by atoms with van der Waals surface area (Å²) >= 11 is 0. The number of hydrogen-bond donors (Lipinski definition) is 3. The number of H-pyrrole nitrogens is 1. The summed E-state index contributed by atoms with van der Waals surface area (Å²) < 4.78 is 38.0. The number of pyridine rings is 1. The number of benzene rings is 1. The third kappa shape index (κ3) is 4.43. The average molecular weight is 326 g/mol. The second-order valence-electron chi connectivity index (χ2n) is 4.64. The Morgan fingerprint density at radius 1 is 1.22 bits per heavy atom. The van der Waals surface area contributed by atoms with E-state index in [1.165, 1.54) is 18.2 Å². The van der Waals surface area contributed by atoms with Crippen LogP contribution in [0.5, 0.6) is 0 Å². The zero-order valence-corrected chi connectivity index (χ0v) is 11.9. The van der Waals surface area contributed by atoms with Crippen LogP contribution in [-0.2, 0) is 6.18 Å². The van der Waals surface area contributed by atoms with Gasteiger partial charge in [0.25, 0.3) is 11.7 Å². The van der Waals surface area contributed by atoms with Gasteiger partial charge in [-0.3, -0.25) is 10.1 Å². The van der Waals surface area contributed by atoms with Crippen molar-refractivity contribution in [1.29, 1.82) is 0 Å². The number of rotatable bonds is 5. The fourth-order valence-electron chi connectivity index (χ4n) is 1.92. The van der Waals surface area contributed by atoms with Crippen molar-refractivity contribution in [1.82, 2.24) is 0 Å². The summed E-state index contributed by atoms with van der Waals surface area (Å²) in [5, 5.41) is 14.1. The van der Waals surface area contributed by atoms with Gasteiger partial charge in [-0.15, -0.1) is 0 Å². The minimum absolute atomic E-state index is 0.0433. The molecule has 0 radical (unpaired) electrons. The van der Waals surface area contributed by atoms with Crippen molar-refractivity contribution in [3.05, 3.63) is 53.7 Å². The highest BCUT2D eigenvalue weighted by atomic mass is 19.4. The van der Waals surface area contributed by atoms with Crippen molar-refractivity contribution in [2.45, 2.75) is 6.18 Å². The van der Waals surface area contributed by atoms with Crippen molar-refractivity contribution < 1.29 is 28.1 Å². The molecule has 0 saturated carbocycles. The van der Waals surface area contributed by atoms with Crippen molar-refractivity contribution in [3.63, 3.8) is 0 Å². The second-order valence-corrected chi connectivity index (χ2v) is 4.64. The van der Waals surface area contributed by atoms with Crippen molar-refractivity contribution in [2.24, 2.45) is 0 Å². The molecule has 0 unspecified atom stereocenters. The lowest BCUT2D eigenvalue weighted by atomic mass is 10.2. The maximum atomic E-state index is 12.7. The maximum absolute atomic E-state index is 12.7. The zero-order chi connectivity index (χ0) is 16.9. The molecule has 1 amide bonds. The summed E-state index contributed by atoms with van der Waals surface area (Å²) in [4.78, 5) is 15.1. The van der Waals surface area contributed by atoms with E-state index in [0.717, 1.165) is 12.1 Å². The van der Waals surface area contributed by atoms with E-state index in [1.54, 1.807) is 12.3 Å². The van der Waals surface area contributed by atoms with Gasteiger partial charge in [0.1, 0.15) is 12.1 Å². The molecule has 0 fully saturated rings. The highest BCUT2D eigenvalue weighted by molar-refractivity contribution is 6.07. The summed E-state index contributed by atoms with van der Waals surface area (Å²) in [7, 11) is 0. The molecule has 1 aromatic heterocycles. The Bertz CT molecular complexity index is 690. The van der Waals surface area contributed by atoms with Crippen molar-refractivity contribution in [3.8, 4) is 0 Å². The van der Waals surface area contributed by atoms with Crippen LogP contribution < -0.4 is 15.6 Å². The molecular formula is C15H15F3N3O2+. The number of aromatic amines is 1. The lowest BCUT2D eigenvalue weighted by Gasteiger charge is -2.10. The molecule has 4 N–H and O–H groups in total. The smallest absolute Gasteiger partial charge is 0.392 e. The summed E-state index contributed by atoms with van der Waals surface area (Å²) in [5.41, 5.74) is -0.575. The molecular weight excluding hydrogens is 311 g/mol. The first kappa shape index (κ1) is 16.8. The summed E-state index contributed by atoms with van der Waals surface area (Å²) in [6.07, 6.45) is -2.89. The molecule has 2 rings (SSSR count). The Kier molecular flexibility index (Phi) is 5.17. The minimum atomic E-state index is -4.48. The number of aromatic nitrogens is 1. The van der Waals surface area contributed by atoms with E-state index in [-0.39, 0.29) is 24.4 Å². The molecule has 8 heteroatoms. The lowest BCUT2D eigenvalue weighted by Crippen LogP contribution is -2.22. The predicted octanol–water partition coefficient (Wildman–Crippen LogP) is 2.18. The topological polar surface area (TPSA) is 75.5 Å². The Morgan fingerprint density at radius 3 is 2.70 bits per heavy atom. The molecule has 0 aliphatic heterocycles. The van der Waals surface area contributed by atoms with Gasteiger partial charge in [0.05, 0.1) is 18.4 Å². The van der Waals surface area contributed by atoms with Crippen LogP contribution in [0.2, 0.25) is 0 Å². The number of alkyl halides is 3. The van der Waals surface area contributed by atoms with Crippen molar-refractivity contribution in [2.75, 3.05) is 23.8 Å². The molecule has 0 bridgehead atoms. The number of anilines is 2. The van der Waals surface area contributed by atoms with E-state index in [4.69, 9.17) is 5.11 Å². The SMILES string of the molecule is O=C(Nc1cccc(C(F)(F)F)c1)c1ccc[nH+]c1NCCO. The number of hydrogen-bond acceptors (Lipinski definition) is 3. The van der Waals surface area contributed by atoms with Crippen LogP contribution in [0.15, 0.2) is 42.6 Å². The molecule has 0 aliphatic rings. The number of amides is 1. The van der Waals surface area contributed by atoms with Crippen LogP contribution in [0.4, 0.5) is 24.7 Å². The number of carbonyl (C=O) groups is 1. The highest BCUT2D eigenvalue weighted by Crippen LogP contribution is 2.30. The molecule has 1 aromatic carbocycles. The molecule has 2 aromatic rings. The third-order valence-electron chi connectivity index (χ3n) is 2.96. The Balaban J connectivity index is 2.20. The molecule has 1 heterocycles. The van der Waals surface area contributed by atoms with Gasteiger partial charge >= 0.3 is 6.18 Å². The average Bonchev–Trinajstić information content (AvgIpc) is 2.52. The van der Waals surface area contributed by atoms with Crippen molar-refractivity contribution >= 4 is 17.4 Å². The van der Waals surface area contributed by atoms with E-state index in [2.05, 4.69) is 15.6 Å². The van der Waals surface area contributed by atoms with Crippen LogP contribution in [-0.4, -0.2) is 24.2 Å². The van der Waals surface area contributed by atoms with E-state index in [9.17, 15) is 18.0 Å². The predicted molar refractivity (Wildman–Crippen MR) is 78.0 cm³/mol. The Morgan fingerprint density at radius 2 is 2.00 bits per heavy atom. The van der Waals surface area contributed by atoms with Gasteiger partial charge in [0.15, 0.2) is 0 Å². The first-order chi connectivity index (χ1) is 10.9. The first-order valence-corrected chi connectivity index (χ1v) is 6.76. The Labute approximate surface area is 130 Å². The van der Waals surface area contributed by atoms with Crippen LogP contribution in [0.3, 0.4) is 0 Å². The van der Waals surface area contributed by atoms with Crippen LogP contribution in [0.25, 0.3) is 0 Å². The largest absolute Gasteiger partial charge is 0.416 e. The van der Waals surface area contributed by atoms with Crippen LogP contribution in [0, 0.1) is 0 Å². The molecule has 0 aliphatic carbocycles. The van der Waals surface area contributed by atoms with Gasteiger partial charge in [-0.2, -0.15) is 13.2 Å². The first-order valence-electron chi connectivity index (χ1n) is 6.76. The van der Waals surface area contributed by atoms with Gasteiger partial charge in [-0.1, -0.05) is 6.07 Å². The van der Waals surface area contributed by atoms with Crippen LogP contribution in [0.1, 0.15) is 15.9 Å². The van der Waals surface area contributed by atoms with E-state index in [0.29, 0.717) is 5.82 Å². The van der Waals surface area contributed by atoms with E-state index < -0.39 is 17.6 Å². The Hall–Kier alpha value is -2.61. The number of nitrogens with one attached hydrogen (secondary N) is 3. The van der Waals surface area contributed by atoms with Gasteiger partial charge in [0.2, 0.25) is 0 Å². The van der Waals surface area contributed by atoms with Gasteiger partial charge < -0.3 is 10.4 Å². The minimum Gasteiger partial charge on any atom is -0.392 e. The molecule has 5 nitrogen and oxygen atoms in total. The number of aliphatic hydroxyl groups excluding tert-OH is 1. The van der Waals surface area contributed by atoms with E-state index >= 15 is 0 Å².